The molecule has 2 bridgehead atoms. The van der Waals surface area contributed by atoms with E-state index in [9.17, 15) is 9.18 Å². The fraction of sp³-hybridized carbons (Fsp3) is 0.348. The molecule has 4 aromatic rings. The second kappa shape index (κ2) is 7.49. The highest BCUT2D eigenvalue weighted by Gasteiger charge is 2.62. The number of hydrogen-bond donors (Lipinski definition) is 1. The molecule has 1 aromatic carbocycles. The van der Waals surface area contributed by atoms with Crippen molar-refractivity contribution < 1.29 is 13.6 Å². The van der Waals surface area contributed by atoms with Crippen LogP contribution in [0, 0.1) is 18.7 Å². The standard InChI is InChI=1S/C23H21ClFN7O2/c1-12-6-15-10-23(9-12,21-29-28-13(2)34-21)32(15)22(33)27-19-7-16(17(24)8-18(19)25)20-26-11-14-4-3-5-31(14)30-20/h3-5,7-8,11-12,15H,6,9-10H2,1-2H3,(H,27,33)/t12-,15+,23?/m1/s1. The minimum atomic E-state index is -0.679. The maximum atomic E-state index is 14.9. The van der Waals surface area contributed by atoms with Crippen molar-refractivity contribution in [3.8, 4) is 11.4 Å². The summed E-state index contributed by atoms with van der Waals surface area (Å²) in [5.41, 5.74) is 0.543. The van der Waals surface area contributed by atoms with Gasteiger partial charge in [-0.3, -0.25) is 0 Å². The normalized spacial score (nSPS) is 23.7. The largest absolute Gasteiger partial charge is 0.423 e. The van der Waals surface area contributed by atoms with Gasteiger partial charge in [0, 0.05) is 31.1 Å². The van der Waals surface area contributed by atoms with Gasteiger partial charge in [-0.15, -0.1) is 15.3 Å². The Bertz CT molecular complexity index is 1440. The Kier molecular flexibility index (Phi) is 4.63. The van der Waals surface area contributed by atoms with E-state index in [-0.39, 0.29) is 16.8 Å². The van der Waals surface area contributed by atoms with Crippen molar-refractivity contribution in [2.24, 2.45) is 5.92 Å². The Morgan fingerprint density at radius 2 is 2.18 bits per heavy atom. The number of fused-ring (bicyclic) bond motifs is 3. The number of anilines is 1. The smallest absolute Gasteiger partial charge is 0.323 e. The van der Waals surface area contributed by atoms with E-state index in [1.54, 1.807) is 28.7 Å². The van der Waals surface area contributed by atoms with Crippen LogP contribution in [0.1, 0.15) is 38.0 Å². The van der Waals surface area contributed by atoms with Crippen molar-refractivity contribution in [3.63, 3.8) is 0 Å². The predicted molar refractivity (Wildman–Crippen MR) is 122 cm³/mol. The number of likely N-dealkylation sites (tertiary alicyclic amines) is 1. The fourth-order valence-electron chi connectivity index (χ4n) is 5.38. The number of nitrogens with zero attached hydrogens (tertiary/aromatic N) is 6. The van der Waals surface area contributed by atoms with Crippen LogP contribution in [0.4, 0.5) is 14.9 Å². The number of piperidine rings is 1. The van der Waals surface area contributed by atoms with Gasteiger partial charge >= 0.3 is 6.03 Å². The lowest BCUT2D eigenvalue weighted by molar-refractivity contribution is -0.110. The van der Waals surface area contributed by atoms with Gasteiger partial charge in [-0.1, -0.05) is 18.5 Å². The molecule has 9 nitrogen and oxygen atoms in total. The van der Waals surface area contributed by atoms with E-state index in [1.807, 2.05) is 12.1 Å². The summed E-state index contributed by atoms with van der Waals surface area (Å²) in [6.07, 6.45) is 5.74. The molecule has 0 spiro atoms. The number of carbonyl (C=O) groups is 1. The number of aryl methyl sites for hydroxylation is 1. The van der Waals surface area contributed by atoms with E-state index in [1.165, 1.54) is 6.07 Å². The number of urea groups is 1. The van der Waals surface area contributed by atoms with E-state index in [2.05, 4.69) is 32.5 Å². The van der Waals surface area contributed by atoms with Gasteiger partial charge in [0.2, 0.25) is 11.8 Å². The second-order valence-corrected chi connectivity index (χ2v) is 9.54. The molecule has 2 fully saturated rings. The monoisotopic (exact) mass is 481 g/mol. The molecule has 1 N–H and O–H groups in total. The molecule has 11 heteroatoms. The van der Waals surface area contributed by atoms with Crippen molar-refractivity contribution in [1.29, 1.82) is 0 Å². The fourth-order valence-corrected chi connectivity index (χ4v) is 5.62. The van der Waals surface area contributed by atoms with Crippen molar-refractivity contribution in [2.45, 2.75) is 44.7 Å². The first-order valence-corrected chi connectivity index (χ1v) is 11.4. The molecule has 1 unspecified atom stereocenters. The van der Waals surface area contributed by atoms with Gasteiger partial charge in [0.05, 0.1) is 22.4 Å². The van der Waals surface area contributed by atoms with Crippen molar-refractivity contribution in [2.75, 3.05) is 5.32 Å². The Hall–Kier alpha value is -3.53. The summed E-state index contributed by atoms with van der Waals surface area (Å²) in [5, 5.41) is 15.5. The second-order valence-electron chi connectivity index (χ2n) is 9.13. The first-order chi connectivity index (χ1) is 16.3. The Morgan fingerprint density at radius 3 is 2.97 bits per heavy atom. The maximum absolute atomic E-state index is 14.9. The molecule has 2 aliphatic rings. The van der Waals surface area contributed by atoms with Crippen molar-refractivity contribution >= 4 is 28.8 Å². The van der Waals surface area contributed by atoms with Crippen molar-refractivity contribution in [1.82, 2.24) is 29.7 Å². The zero-order chi connectivity index (χ0) is 23.6. The summed E-state index contributed by atoms with van der Waals surface area (Å²) < 4.78 is 22.2. The first-order valence-electron chi connectivity index (χ1n) is 11.0. The summed E-state index contributed by atoms with van der Waals surface area (Å²) in [6.45, 7) is 3.86. The average Bonchev–Trinajstić information content (AvgIpc) is 3.43. The summed E-state index contributed by atoms with van der Waals surface area (Å²) in [5.74, 6) is 0.935. The molecule has 4 heterocycles. The molecule has 3 aromatic heterocycles. The minimum Gasteiger partial charge on any atom is -0.423 e. The number of benzene rings is 1. The van der Waals surface area contributed by atoms with E-state index >= 15 is 0 Å². The molecule has 1 aliphatic carbocycles. The number of hydrogen-bond acceptors (Lipinski definition) is 6. The number of amides is 2. The number of aromatic nitrogens is 5. The summed E-state index contributed by atoms with van der Waals surface area (Å²) in [7, 11) is 0. The lowest BCUT2D eigenvalue weighted by Crippen LogP contribution is -2.70. The quantitative estimate of drug-likeness (QED) is 0.450. The maximum Gasteiger partial charge on any atom is 0.323 e. The lowest BCUT2D eigenvalue weighted by atomic mass is 9.64. The number of nitrogens with one attached hydrogen (secondary N) is 1. The van der Waals surface area contributed by atoms with Gasteiger partial charge < -0.3 is 14.6 Å². The van der Waals surface area contributed by atoms with Gasteiger partial charge in [0.15, 0.2) is 5.82 Å². The van der Waals surface area contributed by atoms with Gasteiger partial charge in [0.1, 0.15) is 11.4 Å². The molecule has 3 atom stereocenters. The summed E-state index contributed by atoms with van der Waals surface area (Å²) >= 11 is 6.32. The van der Waals surface area contributed by atoms with Crippen LogP contribution >= 0.6 is 11.6 Å². The predicted octanol–water partition coefficient (Wildman–Crippen LogP) is 4.81. The molecule has 1 aliphatic heterocycles. The highest BCUT2D eigenvalue weighted by Crippen LogP contribution is 2.55. The molecule has 6 rings (SSSR count). The average molecular weight is 482 g/mol. The molecule has 34 heavy (non-hydrogen) atoms. The van der Waals surface area contributed by atoms with Crippen LogP contribution in [0.25, 0.3) is 16.9 Å². The van der Waals surface area contributed by atoms with Crippen LogP contribution in [-0.4, -0.2) is 41.8 Å². The van der Waals surface area contributed by atoms with Crippen LogP contribution in [-0.2, 0) is 5.54 Å². The molecule has 2 amide bonds. The topological polar surface area (TPSA) is 101 Å². The SMILES string of the molecule is Cc1nnc(C23C[C@H](C)C[C@@H](C2)N3C(=O)Nc2cc(-c3ncc4cccn4n3)c(Cl)cc2F)o1. The van der Waals surface area contributed by atoms with Gasteiger partial charge in [-0.25, -0.2) is 18.7 Å². The van der Waals surface area contributed by atoms with E-state index in [0.29, 0.717) is 35.5 Å². The van der Waals surface area contributed by atoms with Crippen LogP contribution in [0.2, 0.25) is 5.02 Å². The number of carbonyl (C=O) groups excluding carboxylic acids is 1. The third-order valence-electron chi connectivity index (χ3n) is 6.72. The first kappa shape index (κ1) is 21.0. The van der Waals surface area contributed by atoms with Crippen LogP contribution in [0.15, 0.2) is 41.1 Å². The molecule has 1 saturated heterocycles. The third-order valence-corrected chi connectivity index (χ3v) is 7.04. The van der Waals surface area contributed by atoms with Gasteiger partial charge in [0.25, 0.3) is 0 Å². The Balaban J connectivity index is 1.33. The zero-order valence-electron chi connectivity index (χ0n) is 18.5. The van der Waals surface area contributed by atoms with E-state index < -0.39 is 17.4 Å². The molecule has 0 radical (unpaired) electrons. The van der Waals surface area contributed by atoms with Gasteiger partial charge in [-0.05, 0) is 43.0 Å². The van der Waals surface area contributed by atoms with Gasteiger partial charge in [-0.2, -0.15) is 0 Å². The Morgan fingerprint density at radius 1 is 1.32 bits per heavy atom. The van der Waals surface area contributed by atoms with E-state index in [4.69, 9.17) is 16.0 Å². The third kappa shape index (κ3) is 3.16. The molecular formula is C23H21ClFN7O2. The lowest BCUT2D eigenvalue weighted by Gasteiger charge is -2.61. The Labute approximate surface area is 198 Å². The molecule has 1 saturated carbocycles. The molecule has 174 valence electrons. The minimum absolute atomic E-state index is 0.00418. The van der Waals surface area contributed by atoms with Crippen LogP contribution < -0.4 is 5.32 Å². The van der Waals surface area contributed by atoms with E-state index in [0.717, 1.165) is 24.4 Å². The summed E-state index contributed by atoms with van der Waals surface area (Å²) in [4.78, 5) is 19.5. The highest BCUT2D eigenvalue weighted by molar-refractivity contribution is 6.33. The number of halogens is 2. The number of rotatable bonds is 3. The highest BCUT2D eigenvalue weighted by atomic mass is 35.5. The molecular weight excluding hydrogens is 461 g/mol. The van der Waals surface area contributed by atoms with Crippen LogP contribution in [0.3, 0.4) is 0 Å². The summed E-state index contributed by atoms with van der Waals surface area (Å²) in [6, 6.07) is 5.93. The van der Waals surface area contributed by atoms with Crippen LogP contribution in [0.5, 0.6) is 0 Å². The zero-order valence-corrected chi connectivity index (χ0v) is 19.3. The van der Waals surface area contributed by atoms with Crippen molar-refractivity contribution in [3.05, 3.63) is 59.3 Å².